The fourth-order valence-electron chi connectivity index (χ4n) is 4.57. The van der Waals surface area contributed by atoms with Gasteiger partial charge in [-0.1, -0.05) is 12.8 Å². The van der Waals surface area contributed by atoms with E-state index in [1.165, 1.54) is 25.7 Å². The maximum absolute atomic E-state index is 12.3. The summed E-state index contributed by atoms with van der Waals surface area (Å²) in [7, 11) is 0. The molecule has 6 nitrogen and oxygen atoms in total. The highest BCUT2D eigenvalue weighted by Gasteiger charge is 2.30. The van der Waals surface area contributed by atoms with E-state index in [1.807, 2.05) is 0 Å². The van der Waals surface area contributed by atoms with Crippen molar-refractivity contribution in [3.05, 3.63) is 0 Å². The van der Waals surface area contributed by atoms with E-state index in [4.69, 9.17) is 0 Å². The van der Waals surface area contributed by atoms with E-state index in [2.05, 4.69) is 16.0 Å². The van der Waals surface area contributed by atoms with Gasteiger partial charge in [0.25, 0.3) is 0 Å². The highest BCUT2D eigenvalue weighted by molar-refractivity contribution is 5.85. The van der Waals surface area contributed by atoms with E-state index in [0.29, 0.717) is 25.4 Å². The molecule has 2 aliphatic carbocycles. The van der Waals surface area contributed by atoms with Gasteiger partial charge in [0.05, 0.1) is 6.10 Å². The number of aliphatic hydroxyl groups is 1. The van der Waals surface area contributed by atoms with Crippen molar-refractivity contribution >= 4 is 24.2 Å². The maximum atomic E-state index is 12.3. The largest absolute Gasteiger partial charge is 0.391 e. The van der Waals surface area contributed by atoms with Crippen LogP contribution in [-0.4, -0.2) is 48.7 Å². The summed E-state index contributed by atoms with van der Waals surface area (Å²) in [5, 5.41) is 19.1. The average molecular weight is 388 g/mol. The third-order valence-electron chi connectivity index (χ3n) is 6.25. The molecule has 3 rings (SSSR count). The van der Waals surface area contributed by atoms with Crippen LogP contribution in [0.4, 0.5) is 0 Å². The number of nitrogens with one attached hydrogen (secondary N) is 3. The van der Waals surface area contributed by atoms with Gasteiger partial charge in [0.1, 0.15) is 0 Å². The van der Waals surface area contributed by atoms with E-state index >= 15 is 0 Å². The first-order chi connectivity index (χ1) is 12.1. The average Bonchev–Trinajstić information content (AvgIpc) is 3.25. The lowest BCUT2D eigenvalue weighted by molar-refractivity contribution is -0.126. The number of amides is 2. The van der Waals surface area contributed by atoms with Crippen molar-refractivity contribution in [1.82, 2.24) is 16.0 Å². The Hall–Kier alpha value is -0.850. The molecule has 7 heteroatoms. The normalized spacial score (nSPS) is 32.0. The highest BCUT2D eigenvalue weighted by Crippen LogP contribution is 2.28. The first kappa shape index (κ1) is 21.5. The molecule has 1 saturated heterocycles. The zero-order valence-corrected chi connectivity index (χ0v) is 16.4. The predicted molar refractivity (Wildman–Crippen MR) is 103 cm³/mol. The van der Waals surface area contributed by atoms with Gasteiger partial charge in [-0.25, -0.2) is 0 Å². The first-order valence-electron chi connectivity index (χ1n) is 10.1. The molecule has 2 saturated carbocycles. The Morgan fingerprint density at radius 1 is 1.00 bits per heavy atom. The van der Waals surface area contributed by atoms with Crippen LogP contribution in [0.2, 0.25) is 0 Å². The number of rotatable bonds is 6. The van der Waals surface area contributed by atoms with Crippen LogP contribution < -0.4 is 16.0 Å². The van der Waals surface area contributed by atoms with Gasteiger partial charge >= 0.3 is 0 Å². The summed E-state index contributed by atoms with van der Waals surface area (Å²) >= 11 is 0. The summed E-state index contributed by atoms with van der Waals surface area (Å²) in [5.41, 5.74) is 0. The molecule has 2 amide bonds. The molecule has 3 fully saturated rings. The molecule has 0 bridgehead atoms. The molecule has 0 aromatic rings. The van der Waals surface area contributed by atoms with Crippen LogP contribution >= 0.6 is 12.4 Å². The molecule has 1 aliphatic heterocycles. The van der Waals surface area contributed by atoms with Crippen molar-refractivity contribution in [2.24, 2.45) is 17.8 Å². The maximum Gasteiger partial charge on any atom is 0.223 e. The predicted octanol–water partition coefficient (Wildman–Crippen LogP) is 1.36. The quantitative estimate of drug-likeness (QED) is 0.554. The van der Waals surface area contributed by atoms with Crippen molar-refractivity contribution in [3.8, 4) is 0 Å². The van der Waals surface area contributed by atoms with Gasteiger partial charge in [0, 0.05) is 43.9 Å². The van der Waals surface area contributed by atoms with Crippen molar-refractivity contribution in [2.45, 2.75) is 69.9 Å². The van der Waals surface area contributed by atoms with Crippen LogP contribution in [0.1, 0.15) is 57.8 Å². The third kappa shape index (κ3) is 6.10. The summed E-state index contributed by atoms with van der Waals surface area (Å²) < 4.78 is 0. The molecule has 0 spiro atoms. The number of hydrogen-bond acceptors (Lipinski definition) is 4. The van der Waals surface area contributed by atoms with Gasteiger partial charge in [0.15, 0.2) is 0 Å². The fraction of sp³-hybridized carbons (Fsp3) is 0.895. The smallest absolute Gasteiger partial charge is 0.223 e. The molecule has 26 heavy (non-hydrogen) atoms. The first-order valence-corrected chi connectivity index (χ1v) is 10.1. The topological polar surface area (TPSA) is 90.5 Å². The fourth-order valence-corrected chi connectivity index (χ4v) is 4.57. The van der Waals surface area contributed by atoms with Gasteiger partial charge in [-0.3, -0.25) is 9.59 Å². The SMILES string of the molecule is Cl.O=C(CC1CCCC1)NC1CCC(C(=O)NCC2CNCC2O)CC1. The van der Waals surface area contributed by atoms with Crippen LogP contribution in [0.5, 0.6) is 0 Å². The van der Waals surface area contributed by atoms with Gasteiger partial charge < -0.3 is 21.1 Å². The summed E-state index contributed by atoms with van der Waals surface area (Å²) in [5.74, 6) is 1.06. The van der Waals surface area contributed by atoms with Gasteiger partial charge in [-0.15, -0.1) is 12.4 Å². The standard InChI is InChI=1S/C19H33N3O3.ClH/c23-17-12-20-10-15(17)11-21-19(25)14-5-7-16(8-6-14)22-18(24)9-13-3-1-2-4-13;/h13-17,20,23H,1-12H2,(H,21,25)(H,22,24);1H. The molecule has 0 aromatic heterocycles. The molecule has 4 N–H and O–H groups in total. The zero-order chi connectivity index (χ0) is 17.6. The molecule has 2 unspecified atom stereocenters. The summed E-state index contributed by atoms with van der Waals surface area (Å²) in [6.07, 6.45) is 8.72. The third-order valence-corrected chi connectivity index (χ3v) is 6.25. The molecule has 0 radical (unpaired) electrons. The lowest BCUT2D eigenvalue weighted by Crippen LogP contribution is -2.42. The van der Waals surface area contributed by atoms with E-state index < -0.39 is 0 Å². The van der Waals surface area contributed by atoms with Crippen LogP contribution in [0, 0.1) is 17.8 Å². The lowest BCUT2D eigenvalue weighted by Gasteiger charge is -2.29. The Kier molecular flexibility index (Phi) is 8.64. The second kappa shape index (κ2) is 10.5. The number of halogens is 1. The van der Waals surface area contributed by atoms with Crippen LogP contribution in [0.15, 0.2) is 0 Å². The minimum absolute atomic E-state index is 0. The highest BCUT2D eigenvalue weighted by atomic mass is 35.5. The Bertz CT molecular complexity index is 463. The summed E-state index contributed by atoms with van der Waals surface area (Å²) in [6.45, 7) is 1.93. The van der Waals surface area contributed by atoms with Crippen LogP contribution in [-0.2, 0) is 9.59 Å². The Balaban J connectivity index is 0.00000243. The number of aliphatic hydroxyl groups excluding tert-OH is 1. The van der Waals surface area contributed by atoms with Crippen molar-refractivity contribution in [3.63, 3.8) is 0 Å². The van der Waals surface area contributed by atoms with Crippen molar-refractivity contribution in [2.75, 3.05) is 19.6 Å². The Labute approximate surface area is 162 Å². The van der Waals surface area contributed by atoms with Gasteiger partial charge in [0.2, 0.25) is 11.8 Å². The number of carbonyl (C=O) groups excluding carboxylic acids is 2. The molecule has 150 valence electrons. The minimum Gasteiger partial charge on any atom is -0.391 e. The summed E-state index contributed by atoms with van der Waals surface area (Å²) in [4.78, 5) is 24.5. The van der Waals surface area contributed by atoms with E-state index in [9.17, 15) is 14.7 Å². The van der Waals surface area contributed by atoms with Gasteiger partial charge in [-0.2, -0.15) is 0 Å². The van der Waals surface area contributed by atoms with Crippen LogP contribution in [0.3, 0.4) is 0 Å². The van der Waals surface area contributed by atoms with E-state index in [-0.39, 0.29) is 48.2 Å². The Morgan fingerprint density at radius 3 is 2.31 bits per heavy atom. The second-order valence-electron chi connectivity index (χ2n) is 8.20. The van der Waals surface area contributed by atoms with E-state index in [0.717, 1.165) is 32.2 Å². The molecule has 0 aromatic carbocycles. The molecule has 1 heterocycles. The molecular weight excluding hydrogens is 354 g/mol. The molecule has 3 aliphatic rings. The minimum atomic E-state index is -0.355. The number of β-amino-alcohol motifs (C(OH)–C–C–N with tert-alkyl or cyclic N) is 1. The molecular formula is C19H34ClN3O3. The Morgan fingerprint density at radius 2 is 1.69 bits per heavy atom. The number of hydrogen-bond donors (Lipinski definition) is 4. The monoisotopic (exact) mass is 387 g/mol. The molecule has 2 atom stereocenters. The zero-order valence-electron chi connectivity index (χ0n) is 15.5. The second-order valence-corrected chi connectivity index (χ2v) is 8.20. The van der Waals surface area contributed by atoms with Crippen LogP contribution in [0.25, 0.3) is 0 Å². The van der Waals surface area contributed by atoms with Crippen molar-refractivity contribution in [1.29, 1.82) is 0 Å². The van der Waals surface area contributed by atoms with Gasteiger partial charge in [-0.05, 0) is 44.4 Å². The lowest BCUT2D eigenvalue weighted by atomic mass is 9.85. The number of carbonyl (C=O) groups is 2. The van der Waals surface area contributed by atoms with Crippen molar-refractivity contribution < 1.29 is 14.7 Å². The summed E-state index contributed by atoms with van der Waals surface area (Å²) in [6, 6.07) is 0.235. The van der Waals surface area contributed by atoms with E-state index in [1.54, 1.807) is 0 Å².